The van der Waals surface area contributed by atoms with Gasteiger partial charge >= 0.3 is 0 Å². The van der Waals surface area contributed by atoms with Crippen LogP contribution in [0, 0.1) is 0 Å². The molecule has 0 bridgehead atoms. The van der Waals surface area contributed by atoms with Crippen molar-refractivity contribution in [2.75, 3.05) is 4.90 Å². The zero-order chi connectivity index (χ0) is 22.4. The van der Waals surface area contributed by atoms with Gasteiger partial charge in [0.15, 0.2) is 11.5 Å². The Balaban J connectivity index is 1.61. The maximum atomic E-state index is 13.5. The van der Waals surface area contributed by atoms with Gasteiger partial charge in [-0.05, 0) is 47.2 Å². The number of amides is 1. The van der Waals surface area contributed by atoms with Crippen LogP contribution in [0.5, 0.6) is 0 Å². The van der Waals surface area contributed by atoms with Gasteiger partial charge in [0.2, 0.25) is 5.78 Å². The van der Waals surface area contributed by atoms with E-state index >= 15 is 0 Å². The SMILES string of the molecule is CC(C)c1ccc(N2C(=O)C(O)=C(C(=O)c3cc4ccccc4o3)C2c2cccs2)cc1. The number of ketones is 1. The number of hydrogen-bond acceptors (Lipinski definition) is 5. The third-order valence-corrected chi connectivity index (χ3v) is 6.68. The monoisotopic (exact) mass is 443 g/mol. The molecule has 1 unspecified atom stereocenters. The van der Waals surface area contributed by atoms with Crippen molar-refractivity contribution in [2.24, 2.45) is 0 Å². The quantitative estimate of drug-likeness (QED) is 0.362. The van der Waals surface area contributed by atoms with Crippen LogP contribution in [-0.2, 0) is 4.79 Å². The molecule has 32 heavy (non-hydrogen) atoms. The number of para-hydroxylation sites is 1. The number of anilines is 1. The normalized spacial score (nSPS) is 16.5. The van der Waals surface area contributed by atoms with Gasteiger partial charge in [-0.15, -0.1) is 11.3 Å². The number of fused-ring (bicyclic) bond motifs is 1. The van der Waals surface area contributed by atoms with Crippen LogP contribution in [0.4, 0.5) is 5.69 Å². The van der Waals surface area contributed by atoms with Crippen LogP contribution in [0.25, 0.3) is 11.0 Å². The fraction of sp³-hybridized carbons (Fsp3) is 0.154. The first kappa shape index (κ1) is 20.3. The van der Waals surface area contributed by atoms with Crippen LogP contribution in [0.2, 0.25) is 0 Å². The number of hydrogen-bond donors (Lipinski definition) is 1. The molecule has 0 saturated carbocycles. The molecule has 5 rings (SSSR count). The van der Waals surface area contributed by atoms with Gasteiger partial charge in [-0.2, -0.15) is 0 Å². The summed E-state index contributed by atoms with van der Waals surface area (Å²) >= 11 is 1.43. The minimum atomic E-state index is -0.729. The van der Waals surface area contributed by atoms with Crippen LogP contribution in [0.1, 0.15) is 46.8 Å². The van der Waals surface area contributed by atoms with Gasteiger partial charge < -0.3 is 9.52 Å². The lowest BCUT2D eigenvalue weighted by atomic mass is 9.99. The number of furan rings is 1. The van der Waals surface area contributed by atoms with Crippen LogP contribution in [0.15, 0.2) is 87.9 Å². The van der Waals surface area contributed by atoms with Crippen molar-refractivity contribution in [3.63, 3.8) is 0 Å². The summed E-state index contributed by atoms with van der Waals surface area (Å²) in [6, 6.07) is 19.6. The van der Waals surface area contributed by atoms with Crippen LogP contribution in [-0.4, -0.2) is 16.8 Å². The minimum Gasteiger partial charge on any atom is -0.503 e. The number of rotatable bonds is 5. The number of nitrogens with zero attached hydrogens (tertiary/aromatic N) is 1. The first-order valence-electron chi connectivity index (χ1n) is 10.4. The zero-order valence-corrected chi connectivity index (χ0v) is 18.4. The summed E-state index contributed by atoms with van der Waals surface area (Å²) in [5.74, 6) is -1.18. The number of aliphatic hydroxyl groups excluding tert-OH is 1. The molecule has 2 aromatic carbocycles. The molecular formula is C26H21NO4S. The molecule has 1 amide bonds. The minimum absolute atomic E-state index is 0.0319. The van der Waals surface area contributed by atoms with Crippen molar-refractivity contribution in [3.8, 4) is 0 Å². The number of thiophene rings is 1. The van der Waals surface area contributed by atoms with E-state index in [2.05, 4.69) is 13.8 Å². The van der Waals surface area contributed by atoms with E-state index in [0.717, 1.165) is 15.8 Å². The molecule has 1 atom stereocenters. The number of Topliss-reactive ketones (excluding diaryl/α,β-unsaturated/α-hetero) is 1. The Bertz CT molecular complexity index is 1310. The predicted octanol–water partition coefficient (Wildman–Crippen LogP) is 6.40. The van der Waals surface area contributed by atoms with E-state index in [-0.39, 0.29) is 11.3 Å². The highest BCUT2D eigenvalue weighted by molar-refractivity contribution is 7.10. The van der Waals surface area contributed by atoms with E-state index in [1.165, 1.54) is 16.2 Å². The standard InChI is InChI=1S/C26H21NO4S/c1-15(2)16-9-11-18(12-10-16)27-23(21-8-5-13-32-21)22(25(29)26(27)30)24(28)20-14-17-6-3-4-7-19(17)31-20/h3-15,23,29H,1-2H3. The first-order chi connectivity index (χ1) is 15.5. The van der Waals surface area contributed by atoms with Gasteiger partial charge in [0.05, 0.1) is 5.57 Å². The van der Waals surface area contributed by atoms with Gasteiger partial charge in [0.1, 0.15) is 11.6 Å². The Morgan fingerprint density at radius 3 is 2.47 bits per heavy atom. The number of carbonyl (C=O) groups excluding carboxylic acids is 2. The smallest absolute Gasteiger partial charge is 0.294 e. The van der Waals surface area contributed by atoms with Gasteiger partial charge in [0, 0.05) is 16.0 Å². The fourth-order valence-corrected chi connectivity index (χ4v) is 4.89. The van der Waals surface area contributed by atoms with Crippen molar-refractivity contribution >= 4 is 39.7 Å². The molecule has 0 aliphatic carbocycles. The van der Waals surface area contributed by atoms with E-state index in [1.807, 2.05) is 60.0 Å². The molecule has 0 saturated heterocycles. The highest BCUT2D eigenvalue weighted by Gasteiger charge is 2.45. The Hall–Kier alpha value is -3.64. The molecule has 0 fully saturated rings. The van der Waals surface area contributed by atoms with Gasteiger partial charge in [-0.25, -0.2) is 0 Å². The van der Waals surface area contributed by atoms with Crippen LogP contribution < -0.4 is 4.90 Å². The van der Waals surface area contributed by atoms with E-state index in [4.69, 9.17) is 4.42 Å². The molecular weight excluding hydrogens is 422 g/mol. The molecule has 6 heteroatoms. The van der Waals surface area contributed by atoms with Crippen LogP contribution in [0.3, 0.4) is 0 Å². The number of benzene rings is 2. The molecule has 3 heterocycles. The zero-order valence-electron chi connectivity index (χ0n) is 17.6. The lowest BCUT2D eigenvalue weighted by Crippen LogP contribution is -2.30. The largest absolute Gasteiger partial charge is 0.503 e. The summed E-state index contributed by atoms with van der Waals surface area (Å²) in [4.78, 5) is 29.0. The summed E-state index contributed by atoms with van der Waals surface area (Å²) in [5.41, 5.74) is 2.37. The molecule has 5 nitrogen and oxygen atoms in total. The summed E-state index contributed by atoms with van der Waals surface area (Å²) < 4.78 is 5.75. The lowest BCUT2D eigenvalue weighted by molar-refractivity contribution is -0.117. The summed E-state index contributed by atoms with van der Waals surface area (Å²) in [6.45, 7) is 4.20. The van der Waals surface area contributed by atoms with E-state index < -0.39 is 23.5 Å². The lowest BCUT2D eigenvalue weighted by Gasteiger charge is -2.26. The van der Waals surface area contributed by atoms with Gasteiger partial charge in [0.25, 0.3) is 5.91 Å². The molecule has 1 N–H and O–H groups in total. The second-order valence-corrected chi connectivity index (χ2v) is 9.06. The van der Waals surface area contributed by atoms with Crippen LogP contribution >= 0.6 is 11.3 Å². The molecule has 0 spiro atoms. The van der Waals surface area contributed by atoms with Crippen molar-refractivity contribution in [1.29, 1.82) is 0 Å². The number of carbonyl (C=O) groups is 2. The number of aliphatic hydroxyl groups is 1. The van der Waals surface area contributed by atoms with Gasteiger partial charge in [-0.3, -0.25) is 14.5 Å². The van der Waals surface area contributed by atoms with E-state index in [0.29, 0.717) is 17.2 Å². The Morgan fingerprint density at radius 1 is 1.06 bits per heavy atom. The second-order valence-electron chi connectivity index (χ2n) is 8.08. The summed E-state index contributed by atoms with van der Waals surface area (Å²) in [6.07, 6.45) is 0. The third kappa shape index (κ3) is 3.24. The topological polar surface area (TPSA) is 70.8 Å². The fourth-order valence-electron chi connectivity index (χ4n) is 4.07. The Labute approximate surface area is 189 Å². The maximum absolute atomic E-state index is 13.5. The molecule has 2 aromatic heterocycles. The van der Waals surface area contributed by atoms with Crippen molar-refractivity contribution in [2.45, 2.75) is 25.8 Å². The maximum Gasteiger partial charge on any atom is 0.294 e. The predicted molar refractivity (Wildman–Crippen MR) is 125 cm³/mol. The van der Waals surface area contributed by atoms with Crippen molar-refractivity contribution < 1.29 is 19.1 Å². The van der Waals surface area contributed by atoms with Crippen molar-refractivity contribution in [3.05, 3.63) is 99.6 Å². The highest BCUT2D eigenvalue weighted by Crippen LogP contribution is 2.43. The molecule has 160 valence electrons. The summed E-state index contributed by atoms with van der Waals surface area (Å²) in [5, 5.41) is 13.5. The van der Waals surface area contributed by atoms with E-state index in [9.17, 15) is 14.7 Å². The molecule has 1 aliphatic rings. The Kier molecular flexibility index (Phi) is 4.94. The summed E-state index contributed by atoms with van der Waals surface area (Å²) in [7, 11) is 0. The van der Waals surface area contributed by atoms with E-state index in [1.54, 1.807) is 12.1 Å². The highest BCUT2D eigenvalue weighted by atomic mass is 32.1. The average Bonchev–Trinajstić information content (AvgIpc) is 3.52. The van der Waals surface area contributed by atoms with Gasteiger partial charge in [-0.1, -0.05) is 50.2 Å². The molecule has 1 aliphatic heterocycles. The average molecular weight is 444 g/mol. The molecule has 4 aromatic rings. The second kappa shape index (κ2) is 7.80. The third-order valence-electron chi connectivity index (χ3n) is 5.75. The first-order valence-corrected chi connectivity index (χ1v) is 11.3. The molecule has 0 radical (unpaired) electrons. The van der Waals surface area contributed by atoms with Crippen molar-refractivity contribution in [1.82, 2.24) is 0 Å². The Morgan fingerprint density at radius 2 is 1.81 bits per heavy atom.